The third-order valence-corrected chi connectivity index (χ3v) is 4.26. The van der Waals surface area contributed by atoms with Crippen LogP contribution >= 0.6 is 11.3 Å². The first-order valence-electron chi connectivity index (χ1n) is 6.77. The van der Waals surface area contributed by atoms with E-state index < -0.39 is 0 Å². The highest BCUT2D eigenvalue weighted by atomic mass is 32.1. The Hall–Kier alpha value is -2.14. The number of hydrogen-bond acceptors (Lipinski definition) is 4. The molecule has 0 saturated carbocycles. The van der Waals surface area contributed by atoms with Gasteiger partial charge in [-0.05, 0) is 45.0 Å². The molecule has 0 atom stereocenters. The van der Waals surface area contributed by atoms with E-state index in [0.717, 1.165) is 5.69 Å². The molecule has 0 bridgehead atoms. The monoisotopic (exact) mass is 302 g/mol. The van der Waals surface area contributed by atoms with Gasteiger partial charge in [0, 0.05) is 6.54 Å². The van der Waals surface area contributed by atoms with Crippen molar-refractivity contribution in [3.05, 3.63) is 51.7 Å². The van der Waals surface area contributed by atoms with Crippen molar-refractivity contribution in [1.29, 1.82) is 0 Å². The second kappa shape index (κ2) is 6.54. The van der Waals surface area contributed by atoms with Gasteiger partial charge in [-0.3, -0.25) is 20.0 Å². The highest BCUT2D eigenvalue weighted by Gasteiger charge is 2.14. The van der Waals surface area contributed by atoms with Gasteiger partial charge < -0.3 is 0 Å². The summed E-state index contributed by atoms with van der Waals surface area (Å²) >= 11 is 1.21. The molecule has 0 radical (unpaired) electrons. The molecule has 4 nitrogen and oxygen atoms in total. The molecule has 0 aliphatic heterocycles. The Kier molecular flexibility index (Phi) is 4.75. The van der Waals surface area contributed by atoms with Crippen molar-refractivity contribution in [2.24, 2.45) is 0 Å². The summed E-state index contributed by atoms with van der Waals surface area (Å²) in [5.74, 6) is -0.222. The maximum atomic E-state index is 12.2. The van der Waals surface area contributed by atoms with Crippen LogP contribution in [0.2, 0.25) is 0 Å². The topological polar surface area (TPSA) is 49.4 Å². The molecule has 0 unspecified atom stereocenters. The Bertz CT molecular complexity index is 647. The lowest BCUT2D eigenvalue weighted by atomic mass is 10.2. The summed E-state index contributed by atoms with van der Waals surface area (Å²) < 4.78 is 0. The van der Waals surface area contributed by atoms with Crippen molar-refractivity contribution >= 4 is 28.7 Å². The van der Waals surface area contributed by atoms with Crippen LogP contribution in [-0.4, -0.2) is 18.2 Å². The Morgan fingerprint density at radius 3 is 2.24 bits per heavy atom. The van der Waals surface area contributed by atoms with Gasteiger partial charge in [-0.15, -0.1) is 11.3 Å². The van der Waals surface area contributed by atoms with Crippen molar-refractivity contribution in [2.75, 3.05) is 11.6 Å². The zero-order valence-corrected chi connectivity index (χ0v) is 13.2. The number of ketones is 1. The Balaban J connectivity index is 2.12. The van der Waals surface area contributed by atoms with Gasteiger partial charge in [0.05, 0.1) is 15.4 Å². The number of thiophene rings is 1. The van der Waals surface area contributed by atoms with Gasteiger partial charge in [-0.1, -0.05) is 17.7 Å². The molecule has 0 aliphatic carbocycles. The molecule has 0 aliphatic rings. The lowest BCUT2D eigenvalue weighted by Crippen LogP contribution is -2.42. The van der Waals surface area contributed by atoms with Crippen molar-refractivity contribution in [3.8, 4) is 0 Å². The molecule has 1 amide bonds. The average Bonchev–Trinajstić information content (AvgIpc) is 2.96. The summed E-state index contributed by atoms with van der Waals surface area (Å²) in [6, 6.07) is 11.3. The van der Waals surface area contributed by atoms with E-state index in [4.69, 9.17) is 0 Å². The van der Waals surface area contributed by atoms with E-state index in [9.17, 15) is 9.59 Å². The van der Waals surface area contributed by atoms with E-state index in [0.29, 0.717) is 16.3 Å². The Morgan fingerprint density at radius 2 is 1.71 bits per heavy atom. The van der Waals surface area contributed by atoms with Crippen LogP contribution in [-0.2, 0) is 0 Å². The van der Waals surface area contributed by atoms with E-state index in [-0.39, 0.29) is 11.7 Å². The van der Waals surface area contributed by atoms with Gasteiger partial charge in [0.25, 0.3) is 5.91 Å². The summed E-state index contributed by atoms with van der Waals surface area (Å²) in [6.45, 7) is 6.14. The lowest BCUT2D eigenvalue weighted by Gasteiger charge is -2.23. The van der Waals surface area contributed by atoms with Gasteiger partial charge in [0.1, 0.15) is 0 Å². The highest BCUT2D eigenvalue weighted by molar-refractivity contribution is 7.15. The van der Waals surface area contributed by atoms with Crippen molar-refractivity contribution in [2.45, 2.75) is 20.8 Å². The minimum Gasteiger partial charge on any atom is -0.294 e. The number of hydrazine groups is 1. The minimum absolute atomic E-state index is 0.0232. The number of carbonyl (C=O) groups is 2. The van der Waals surface area contributed by atoms with Gasteiger partial charge >= 0.3 is 0 Å². The zero-order chi connectivity index (χ0) is 15.4. The number of amides is 1. The van der Waals surface area contributed by atoms with Gasteiger partial charge in [-0.2, -0.15) is 0 Å². The normalized spacial score (nSPS) is 10.2. The summed E-state index contributed by atoms with van der Waals surface area (Å²) in [5.41, 5.74) is 4.97. The second-order valence-electron chi connectivity index (χ2n) is 4.74. The molecule has 1 N–H and O–H groups in total. The second-order valence-corrected chi connectivity index (χ2v) is 5.82. The van der Waals surface area contributed by atoms with Crippen LogP contribution in [0, 0.1) is 6.92 Å². The molecule has 21 heavy (non-hydrogen) atoms. The number of benzene rings is 1. The smallest absolute Gasteiger partial charge is 0.279 e. The first kappa shape index (κ1) is 15.3. The van der Waals surface area contributed by atoms with Crippen LogP contribution in [0.4, 0.5) is 5.69 Å². The fraction of sp³-hybridized carbons (Fsp3) is 0.250. The van der Waals surface area contributed by atoms with E-state index in [1.165, 1.54) is 23.8 Å². The number of nitrogens with one attached hydrogen (secondary N) is 1. The summed E-state index contributed by atoms with van der Waals surface area (Å²) in [5, 5.41) is 1.79. The van der Waals surface area contributed by atoms with Crippen molar-refractivity contribution in [3.63, 3.8) is 0 Å². The van der Waals surface area contributed by atoms with Crippen LogP contribution in [0.25, 0.3) is 0 Å². The molecule has 5 heteroatoms. The van der Waals surface area contributed by atoms with E-state index >= 15 is 0 Å². The first-order valence-corrected chi connectivity index (χ1v) is 7.59. The minimum atomic E-state index is -0.199. The largest absolute Gasteiger partial charge is 0.294 e. The fourth-order valence-electron chi connectivity index (χ4n) is 1.88. The van der Waals surface area contributed by atoms with Crippen LogP contribution < -0.4 is 10.4 Å². The molecule has 0 spiro atoms. The molecular weight excluding hydrogens is 284 g/mol. The SMILES string of the molecule is CCN(NC(=O)c1ccc(C(C)=O)s1)c1ccc(C)cc1. The average molecular weight is 302 g/mol. The van der Waals surface area contributed by atoms with E-state index in [2.05, 4.69) is 5.43 Å². The van der Waals surface area contributed by atoms with Crippen molar-refractivity contribution in [1.82, 2.24) is 5.43 Å². The molecular formula is C16H18N2O2S. The van der Waals surface area contributed by atoms with Crippen LogP contribution in [0.3, 0.4) is 0 Å². The van der Waals surface area contributed by atoms with Crippen molar-refractivity contribution < 1.29 is 9.59 Å². The summed E-state index contributed by atoms with van der Waals surface area (Å²) in [7, 11) is 0. The molecule has 1 heterocycles. The maximum Gasteiger partial charge on any atom is 0.279 e. The molecule has 0 saturated heterocycles. The maximum absolute atomic E-state index is 12.2. The Morgan fingerprint density at radius 1 is 1.10 bits per heavy atom. The predicted octanol–water partition coefficient (Wildman–Crippen LogP) is 3.43. The third kappa shape index (κ3) is 3.70. The van der Waals surface area contributed by atoms with Gasteiger partial charge in [0.2, 0.25) is 0 Å². The quantitative estimate of drug-likeness (QED) is 0.680. The Labute approximate surface area is 128 Å². The molecule has 2 rings (SSSR count). The standard InChI is InChI=1S/C16H18N2O2S/c1-4-18(13-7-5-11(2)6-8-13)17-16(20)15-10-9-14(21-15)12(3)19/h5-10H,4H2,1-3H3,(H,17,20). The van der Waals surface area contributed by atoms with Gasteiger partial charge in [-0.25, -0.2) is 0 Å². The fourth-order valence-corrected chi connectivity index (χ4v) is 2.67. The lowest BCUT2D eigenvalue weighted by molar-refractivity contribution is 0.0952. The first-order chi connectivity index (χ1) is 10.0. The van der Waals surface area contributed by atoms with Crippen LogP contribution in [0.15, 0.2) is 36.4 Å². The molecule has 1 aromatic carbocycles. The van der Waals surface area contributed by atoms with Crippen LogP contribution in [0.5, 0.6) is 0 Å². The summed E-state index contributed by atoms with van der Waals surface area (Å²) in [4.78, 5) is 24.6. The molecule has 2 aromatic rings. The van der Waals surface area contributed by atoms with E-state index in [1.807, 2.05) is 38.1 Å². The van der Waals surface area contributed by atoms with Gasteiger partial charge in [0.15, 0.2) is 5.78 Å². The number of carbonyl (C=O) groups excluding carboxylic acids is 2. The number of hydrogen-bond donors (Lipinski definition) is 1. The zero-order valence-electron chi connectivity index (χ0n) is 12.3. The number of nitrogens with zero attached hydrogens (tertiary/aromatic N) is 1. The molecule has 1 aromatic heterocycles. The summed E-state index contributed by atoms with van der Waals surface area (Å²) in [6.07, 6.45) is 0. The van der Waals surface area contributed by atoms with Crippen LogP contribution in [0.1, 0.15) is 38.8 Å². The van der Waals surface area contributed by atoms with E-state index in [1.54, 1.807) is 17.1 Å². The molecule has 0 fully saturated rings. The molecule has 110 valence electrons. The number of Topliss-reactive ketones (excluding diaryl/α,β-unsaturated/α-hetero) is 1. The number of anilines is 1. The highest BCUT2D eigenvalue weighted by Crippen LogP contribution is 2.18. The number of aryl methyl sites for hydroxylation is 1. The predicted molar refractivity (Wildman–Crippen MR) is 86.0 cm³/mol. The third-order valence-electron chi connectivity index (χ3n) is 3.08. The number of rotatable bonds is 5.